The van der Waals surface area contributed by atoms with Crippen molar-refractivity contribution in [3.8, 4) is 5.75 Å². The molecule has 23 heavy (non-hydrogen) atoms. The van der Waals surface area contributed by atoms with Crippen molar-refractivity contribution < 1.29 is 14.3 Å². The fourth-order valence-electron chi connectivity index (χ4n) is 1.90. The standard InChI is InChI=1S/C16H10BrFN2O2S/c17-10-1-6-13(21)9(7-10)8-14-15(22)20-16(23-14)19-12-4-2-11(18)3-5-12/h1-8,21H,(H,19,20,22). The predicted octanol–water partition coefficient (Wildman–Crippen LogP) is 4.19. The van der Waals surface area contributed by atoms with Crippen LogP contribution in [0.1, 0.15) is 5.56 Å². The van der Waals surface area contributed by atoms with Crippen LogP contribution >= 0.6 is 27.7 Å². The van der Waals surface area contributed by atoms with Gasteiger partial charge in [0.15, 0.2) is 5.17 Å². The summed E-state index contributed by atoms with van der Waals surface area (Å²) in [6.07, 6.45) is 1.59. The first kappa shape index (κ1) is 15.8. The molecule has 1 saturated heterocycles. The van der Waals surface area contributed by atoms with Crippen LogP contribution in [-0.2, 0) is 4.79 Å². The molecule has 0 aromatic heterocycles. The Morgan fingerprint density at radius 3 is 2.70 bits per heavy atom. The summed E-state index contributed by atoms with van der Waals surface area (Å²) >= 11 is 4.48. The van der Waals surface area contributed by atoms with Crippen molar-refractivity contribution in [1.82, 2.24) is 5.32 Å². The normalized spacial score (nSPS) is 17.7. The Morgan fingerprint density at radius 1 is 1.22 bits per heavy atom. The van der Waals surface area contributed by atoms with E-state index in [-0.39, 0.29) is 17.5 Å². The van der Waals surface area contributed by atoms with Crippen molar-refractivity contribution in [2.75, 3.05) is 0 Å². The van der Waals surface area contributed by atoms with E-state index in [4.69, 9.17) is 0 Å². The average molecular weight is 393 g/mol. The number of amidine groups is 1. The predicted molar refractivity (Wildman–Crippen MR) is 93.0 cm³/mol. The van der Waals surface area contributed by atoms with E-state index in [1.165, 1.54) is 24.3 Å². The van der Waals surface area contributed by atoms with Crippen molar-refractivity contribution >= 4 is 50.5 Å². The van der Waals surface area contributed by atoms with Crippen LogP contribution in [0.4, 0.5) is 10.1 Å². The highest BCUT2D eigenvalue weighted by Gasteiger charge is 2.24. The van der Waals surface area contributed by atoms with E-state index >= 15 is 0 Å². The second-order valence-corrected chi connectivity index (χ2v) is 6.61. The number of carbonyl (C=O) groups excluding carboxylic acids is 1. The van der Waals surface area contributed by atoms with Gasteiger partial charge in [0.25, 0.3) is 5.91 Å². The number of phenols is 1. The number of nitrogens with one attached hydrogen (secondary N) is 1. The maximum Gasteiger partial charge on any atom is 0.264 e. The van der Waals surface area contributed by atoms with Gasteiger partial charge in [0.05, 0.1) is 10.6 Å². The molecule has 0 aliphatic carbocycles. The summed E-state index contributed by atoms with van der Waals surface area (Å²) in [7, 11) is 0. The summed E-state index contributed by atoms with van der Waals surface area (Å²) in [5.74, 6) is -0.559. The third-order valence-corrected chi connectivity index (χ3v) is 4.39. The first-order valence-electron chi connectivity index (χ1n) is 6.55. The lowest BCUT2D eigenvalue weighted by Crippen LogP contribution is -2.19. The van der Waals surface area contributed by atoms with E-state index in [1.54, 1.807) is 24.3 Å². The molecule has 2 aromatic rings. The monoisotopic (exact) mass is 392 g/mol. The highest BCUT2D eigenvalue weighted by Crippen LogP contribution is 2.31. The number of aromatic hydroxyl groups is 1. The molecule has 0 saturated carbocycles. The van der Waals surface area contributed by atoms with Crippen LogP contribution in [0.5, 0.6) is 5.75 Å². The number of halogens is 2. The van der Waals surface area contributed by atoms with Crippen LogP contribution in [0, 0.1) is 5.82 Å². The largest absolute Gasteiger partial charge is 0.507 e. The Morgan fingerprint density at radius 2 is 1.96 bits per heavy atom. The van der Waals surface area contributed by atoms with Gasteiger partial charge < -0.3 is 10.4 Å². The van der Waals surface area contributed by atoms with Crippen LogP contribution < -0.4 is 5.32 Å². The lowest BCUT2D eigenvalue weighted by atomic mass is 10.2. The molecule has 1 aliphatic rings. The van der Waals surface area contributed by atoms with Crippen molar-refractivity contribution in [3.05, 3.63) is 63.2 Å². The maximum atomic E-state index is 12.9. The Balaban J connectivity index is 1.86. The summed E-state index contributed by atoms with van der Waals surface area (Å²) in [4.78, 5) is 16.7. The number of carbonyl (C=O) groups is 1. The number of amides is 1. The number of phenolic OH excluding ortho intramolecular Hbond substituents is 1. The number of rotatable bonds is 2. The number of nitrogens with zero attached hydrogens (tertiary/aromatic N) is 1. The average Bonchev–Trinajstić information content (AvgIpc) is 2.85. The van der Waals surface area contributed by atoms with Crippen LogP contribution in [0.15, 0.2) is 56.8 Å². The Hall–Kier alpha value is -2.12. The van der Waals surface area contributed by atoms with Crippen molar-refractivity contribution in [2.45, 2.75) is 0 Å². The van der Waals surface area contributed by atoms with E-state index in [9.17, 15) is 14.3 Å². The molecule has 1 amide bonds. The first-order chi connectivity index (χ1) is 11.0. The van der Waals surface area contributed by atoms with Crippen molar-refractivity contribution in [2.24, 2.45) is 4.99 Å². The van der Waals surface area contributed by atoms with Crippen molar-refractivity contribution in [3.63, 3.8) is 0 Å². The fourth-order valence-corrected chi connectivity index (χ4v) is 3.11. The molecule has 116 valence electrons. The molecular formula is C16H10BrFN2O2S. The molecule has 1 heterocycles. The van der Waals surface area contributed by atoms with Crippen LogP contribution in [0.2, 0.25) is 0 Å². The summed E-state index contributed by atoms with van der Waals surface area (Å²) in [6.45, 7) is 0. The van der Waals surface area contributed by atoms with Crippen LogP contribution in [0.25, 0.3) is 6.08 Å². The number of thioether (sulfide) groups is 1. The minimum absolute atomic E-state index is 0.0815. The van der Waals surface area contributed by atoms with Gasteiger partial charge in [-0.3, -0.25) is 4.79 Å². The van der Waals surface area contributed by atoms with Crippen molar-refractivity contribution in [1.29, 1.82) is 0 Å². The van der Waals surface area contributed by atoms with Crippen LogP contribution in [0.3, 0.4) is 0 Å². The summed E-state index contributed by atoms with van der Waals surface area (Å²) in [5, 5.41) is 12.9. The molecule has 7 heteroatoms. The summed E-state index contributed by atoms with van der Waals surface area (Å²) in [6, 6.07) is 10.6. The number of hydrogen-bond acceptors (Lipinski definition) is 4. The van der Waals surface area contributed by atoms with E-state index in [1.807, 2.05) is 0 Å². The molecule has 0 atom stereocenters. The van der Waals surface area contributed by atoms with Gasteiger partial charge in [-0.1, -0.05) is 15.9 Å². The van der Waals surface area contributed by atoms with Crippen LogP contribution in [-0.4, -0.2) is 16.2 Å². The minimum Gasteiger partial charge on any atom is -0.507 e. The van der Waals surface area contributed by atoms with Gasteiger partial charge in [-0.15, -0.1) is 0 Å². The maximum absolute atomic E-state index is 12.9. The molecular weight excluding hydrogens is 383 g/mol. The fraction of sp³-hybridized carbons (Fsp3) is 0. The zero-order valence-corrected chi connectivity index (χ0v) is 14.0. The molecule has 0 bridgehead atoms. The Kier molecular flexibility index (Phi) is 4.49. The minimum atomic E-state index is -0.345. The van der Waals surface area contributed by atoms with Gasteiger partial charge >= 0.3 is 0 Å². The topological polar surface area (TPSA) is 61.7 Å². The number of benzene rings is 2. The highest BCUT2D eigenvalue weighted by molar-refractivity contribution is 9.10. The zero-order chi connectivity index (χ0) is 16.4. The molecule has 0 spiro atoms. The van der Waals surface area contributed by atoms with Gasteiger partial charge in [0.2, 0.25) is 0 Å². The van der Waals surface area contributed by atoms with Gasteiger partial charge in [-0.05, 0) is 60.3 Å². The Labute approximate surface area is 144 Å². The Bertz CT molecular complexity index is 834. The second kappa shape index (κ2) is 6.55. The molecule has 4 nitrogen and oxygen atoms in total. The summed E-state index contributed by atoms with van der Waals surface area (Å²) < 4.78 is 13.7. The molecule has 0 unspecified atom stereocenters. The van der Waals surface area contributed by atoms with Gasteiger partial charge in [0.1, 0.15) is 11.6 Å². The first-order valence-corrected chi connectivity index (χ1v) is 8.16. The molecule has 2 aromatic carbocycles. The number of aliphatic imine (C=N–C) groups is 1. The molecule has 1 fully saturated rings. The third-order valence-electron chi connectivity index (χ3n) is 2.98. The van der Waals surface area contributed by atoms with E-state index < -0.39 is 0 Å². The quantitative estimate of drug-likeness (QED) is 0.753. The van der Waals surface area contributed by atoms with Gasteiger partial charge in [-0.25, -0.2) is 9.38 Å². The molecule has 3 rings (SSSR count). The smallest absolute Gasteiger partial charge is 0.264 e. The van der Waals surface area contributed by atoms with E-state index in [2.05, 4.69) is 26.2 Å². The van der Waals surface area contributed by atoms with Gasteiger partial charge in [0, 0.05) is 10.0 Å². The second-order valence-electron chi connectivity index (χ2n) is 4.66. The lowest BCUT2D eigenvalue weighted by molar-refractivity contribution is -0.115. The molecule has 2 N–H and O–H groups in total. The number of hydrogen-bond donors (Lipinski definition) is 2. The third kappa shape index (κ3) is 3.80. The van der Waals surface area contributed by atoms with E-state index in [0.29, 0.717) is 21.3 Å². The summed E-state index contributed by atoms with van der Waals surface area (Å²) in [5.41, 5.74) is 1.07. The highest BCUT2D eigenvalue weighted by atomic mass is 79.9. The lowest BCUT2D eigenvalue weighted by Gasteiger charge is -2.00. The molecule has 0 radical (unpaired) electrons. The molecule has 1 aliphatic heterocycles. The zero-order valence-electron chi connectivity index (χ0n) is 11.6. The van der Waals surface area contributed by atoms with E-state index in [0.717, 1.165) is 16.2 Å². The SMILES string of the molecule is O=C1NC(=Nc2ccc(F)cc2)SC1=Cc1cc(Br)ccc1O. The van der Waals surface area contributed by atoms with Gasteiger partial charge in [-0.2, -0.15) is 0 Å².